The highest BCUT2D eigenvalue weighted by atomic mass is 79.9. The Hall–Kier alpha value is -1.55. The molecule has 1 atom stereocenters. The third-order valence-electron chi connectivity index (χ3n) is 2.42. The van der Waals surface area contributed by atoms with Crippen LogP contribution in [0, 0.1) is 0 Å². The van der Waals surface area contributed by atoms with Gasteiger partial charge in [0.2, 0.25) is 0 Å². The summed E-state index contributed by atoms with van der Waals surface area (Å²) in [5, 5.41) is 0. The molecule has 0 bridgehead atoms. The first-order valence-corrected chi connectivity index (χ1v) is 6.09. The first-order chi connectivity index (χ1) is 8.16. The van der Waals surface area contributed by atoms with Gasteiger partial charge in [0.05, 0.1) is 0 Å². The molecule has 0 amide bonds. The van der Waals surface area contributed by atoms with Gasteiger partial charge in [0.25, 0.3) is 0 Å². The lowest BCUT2D eigenvalue weighted by Crippen LogP contribution is -2.05. The van der Waals surface area contributed by atoms with Gasteiger partial charge in [-0.25, -0.2) is 4.98 Å². The Morgan fingerprint density at radius 1 is 1.29 bits per heavy atom. The third-order valence-corrected chi connectivity index (χ3v) is 2.85. The monoisotopic (exact) mass is 292 g/mol. The van der Waals surface area contributed by atoms with Crippen LogP contribution in [0.3, 0.4) is 0 Å². The highest BCUT2D eigenvalue weighted by Crippen LogP contribution is 2.28. The molecule has 2 aromatic rings. The Bertz CT molecular complexity index is 502. The standard InChI is InChI=1S/C13H13BrN2O/c1-9(10-5-3-2-4-6-10)17-12-7-11(14)8-16-13(12)15/h2-9H,1H3,(H2,15,16). The van der Waals surface area contributed by atoms with E-state index in [0.29, 0.717) is 11.6 Å². The van der Waals surface area contributed by atoms with Gasteiger partial charge in [-0.15, -0.1) is 0 Å². The SMILES string of the molecule is CC(Oc1cc(Br)cnc1N)c1ccccc1. The molecule has 0 saturated heterocycles. The molecule has 0 radical (unpaired) electrons. The molecule has 1 aromatic carbocycles. The van der Waals surface area contributed by atoms with Crippen molar-refractivity contribution >= 4 is 21.7 Å². The Morgan fingerprint density at radius 2 is 2.00 bits per heavy atom. The van der Waals surface area contributed by atoms with Crippen molar-refractivity contribution in [1.29, 1.82) is 0 Å². The second kappa shape index (κ2) is 5.19. The number of rotatable bonds is 3. The predicted molar refractivity (Wildman–Crippen MR) is 71.8 cm³/mol. The van der Waals surface area contributed by atoms with Crippen LogP contribution in [0.4, 0.5) is 5.82 Å². The lowest BCUT2D eigenvalue weighted by Gasteiger charge is -2.16. The summed E-state index contributed by atoms with van der Waals surface area (Å²) < 4.78 is 6.64. The van der Waals surface area contributed by atoms with Crippen molar-refractivity contribution in [2.75, 3.05) is 5.73 Å². The van der Waals surface area contributed by atoms with Crippen molar-refractivity contribution < 1.29 is 4.74 Å². The Balaban J connectivity index is 2.18. The number of nitrogens with zero attached hydrogens (tertiary/aromatic N) is 1. The first kappa shape index (κ1) is 11.9. The van der Waals surface area contributed by atoms with Gasteiger partial charge in [-0.2, -0.15) is 0 Å². The van der Waals surface area contributed by atoms with Crippen LogP contribution in [0.1, 0.15) is 18.6 Å². The summed E-state index contributed by atoms with van der Waals surface area (Å²) in [6.45, 7) is 1.98. The van der Waals surface area contributed by atoms with Gasteiger partial charge in [-0.1, -0.05) is 30.3 Å². The number of nitrogens with two attached hydrogens (primary N) is 1. The summed E-state index contributed by atoms with van der Waals surface area (Å²) in [7, 11) is 0. The van der Waals surface area contributed by atoms with E-state index in [1.54, 1.807) is 6.20 Å². The number of aromatic nitrogens is 1. The van der Waals surface area contributed by atoms with E-state index in [9.17, 15) is 0 Å². The minimum Gasteiger partial charge on any atom is -0.482 e. The van der Waals surface area contributed by atoms with Crippen molar-refractivity contribution in [2.45, 2.75) is 13.0 Å². The van der Waals surface area contributed by atoms with Crippen molar-refractivity contribution in [3.05, 3.63) is 52.6 Å². The summed E-state index contributed by atoms with van der Waals surface area (Å²) >= 11 is 3.34. The Labute approximate surface area is 109 Å². The number of halogens is 1. The van der Waals surface area contributed by atoms with E-state index in [-0.39, 0.29) is 6.10 Å². The van der Waals surface area contributed by atoms with E-state index in [4.69, 9.17) is 10.5 Å². The second-order valence-electron chi connectivity index (χ2n) is 3.71. The average molecular weight is 293 g/mol. The van der Waals surface area contributed by atoms with Crippen molar-refractivity contribution in [3.8, 4) is 5.75 Å². The molecule has 1 aromatic heterocycles. The van der Waals surface area contributed by atoms with E-state index >= 15 is 0 Å². The van der Waals surface area contributed by atoms with Gasteiger partial charge in [-0.05, 0) is 34.5 Å². The fourth-order valence-electron chi connectivity index (χ4n) is 1.51. The molecule has 0 fully saturated rings. The van der Waals surface area contributed by atoms with Crippen LogP contribution in [0.15, 0.2) is 47.1 Å². The van der Waals surface area contributed by atoms with Crippen LogP contribution in [-0.2, 0) is 0 Å². The van der Waals surface area contributed by atoms with Crippen LogP contribution in [0.2, 0.25) is 0 Å². The van der Waals surface area contributed by atoms with Crippen LogP contribution >= 0.6 is 15.9 Å². The van der Waals surface area contributed by atoms with Crippen molar-refractivity contribution in [3.63, 3.8) is 0 Å². The largest absolute Gasteiger partial charge is 0.482 e. The van der Waals surface area contributed by atoms with Crippen LogP contribution in [0.25, 0.3) is 0 Å². The molecule has 17 heavy (non-hydrogen) atoms. The van der Waals surface area contributed by atoms with Gasteiger partial charge < -0.3 is 10.5 Å². The highest BCUT2D eigenvalue weighted by Gasteiger charge is 2.09. The molecule has 2 rings (SSSR count). The molecule has 1 unspecified atom stereocenters. The van der Waals surface area contributed by atoms with Crippen LogP contribution in [-0.4, -0.2) is 4.98 Å². The molecule has 4 heteroatoms. The number of hydrogen-bond donors (Lipinski definition) is 1. The zero-order chi connectivity index (χ0) is 12.3. The predicted octanol–water partition coefficient (Wildman–Crippen LogP) is 3.57. The maximum atomic E-state index is 5.79. The Kier molecular flexibility index (Phi) is 3.64. The lowest BCUT2D eigenvalue weighted by molar-refractivity contribution is 0.227. The van der Waals surface area contributed by atoms with Gasteiger partial charge in [0.15, 0.2) is 11.6 Å². The topological polar surface area (TPSA) is 48.1 Å². The van der Waals surface area contributed by atoms with Crippen LogP contribution in [0.5, 0.6) is 5.75 Å². The molecular weight excluding hydrogens is 280 g/mol. The molecule has 0 spiro atoms. The van der Waals surface area contributed by atoms with E-state index in [0.717, 1.165) is 10.0 Å². The Morgan fingerprint density at radius 3 is 2.71 bits per heavy atom. The minimum atomic E-state index is -0.0606. The molecular formula is C13H13BrN2O. The minimum absolute atomic E-state index is 0.0606. The molecule has 0 aliphatic carbocycles. The molecule has 0 aliphatic rings. The molecule has 2 N–H and O–H groups in total. The molecule has 3 nitrogen and oxygen atoms in total. The van der Waals surface area contributed by atoms with Gasteiger partial charge >= 0.3 is 0 Å². The number of ether oxygens (including phenoxy) is 1. The van der Waals surface area contributed by atoms with Crippen LogP contribution < -0.4 is 10.5 Å². The summed E-state index contributed by atoms with van der Waals surface area (Å²) in [6, 6.07) is 11.8. The fourth-order valence-corrected chi connectivity index (χ4v) is 1.82. The summed E-state index contributed by atoms with van der Waals surface area (Å²) in [5.74, 6) is 0.992. The average Bonchev–Trinajstić information content (AvgIpc) is 2.35. The zero-order valence-corrected chi connectivity index (χ0v) is 11.0. The molecule has 88 valence electrons. The fraction of sp³-hybridized carbons (Fsp3) is 0.154. The number of hydrogen-bond acceptors (Lipinski definition) is 3. The normalized spacial score (nSPS) is 12.1. The number of pyridine rings is 1. The summed E-state index contributed by atoms with van der Waals surface area (Å²) in [5.41, 5.74) is 6.86. The summed E-state index contributed by atoms with van der Waals surface area (Å²) in [4.78, 5) is 4.03. The zero-order valence-electron chi connectivity index (χ0n) is 9.43. The van der Waals surface area contributed by atoms with E-state index in [2.05, 4.69) is 20.9 Å². The molecule has 1 heterocycles. The quantitative estimate of drug-likeness (QED) is 0.941. The summed E-state index contributed by atoms with van der Waals surface area (Å²) in [6.07, 6.45) is 1.59. The number of anilines is 1. The molecule has 0 aliphatic heterocycles. The first-order valence-electron chi connectivity index (χ1n) is 5.29. The van der Waals surface area contributed by atoms with E-state index in [1.165, 1.54) is 0 Å². The number of nitrogen functional groups attached to an aromatic ring is 1. The van der Waals surface area contributed by atoms with Crippen molar-refractivity contribution in [1.82, 2.24) is 4.98 Å². The number of benzene rings is 1. The third kappa shape index (κ3) is 2.97. The second-order valence-corrected chi connectivity index (χ2v) is 4.62. The maximum Gasteiger partial charge on any atom is 0.166 e. The van der Waals surface area contributed by atoms with Gasteiger partial charge in [-0.3, -0.25) is 0 Å². The van der Waals surface area contributed by atoms with Crippen molar-refractivity contribution in [2.24, 2.45) is 0 Å². The highest BCUT2D eigenvalue weighted by molar-refractivity contribution is 9.10. The van der Waals surface area contributed by atoms with E-state index in [1.807, 2.05) is 43.3 Å². The maximum absolute atomic E-state index is 5.79. The van der Waals surface area contributed by atoms with Gasteiger partial charge in [0.1, 0.15) is 6.10 Å². The van der Waals surface area contributed by atoms with E-state index < -0.39 is 0 Å². The smallest absolute Gasteiger partial charge is 0.166 e. The van der Waals surface area contributed by atoms with Gasteiger partial charge in [0, 0.05) is 10.7 Å². The lowest BCUT2D eigenvalue weighted by atomic mass is 10.1. The molecule has 0 saturated carbocycles.